The van der Waals surface area contributed by atoms with Gasteiger partial charge in [-0.05, 0) is 30.7 Å². The van der Waals surface area contributed by atoms with Crippen LogP contribution in [0.4, 0.5) is 0 Å². The molecule has 0 aromatic heterocycles. The number of esters is 1. The standard InChI is InChI=1S/C15H18INO4/c1-4-21-15(19)13(17(2)14(18)10-16)9-11-5-7-12(20-3)8-6-11/h5-9H,4,10H2,1-3H3/b13-9-. The van der Waals surface area contributed by atoms with Gasteiger partial charge < -0.3 is 14.4 Å². The first-order valence-corrected chi connectivity index (χ1v) is 7.91. The summed E-state index contributed by atoms with van der Waals surface area (Å²) < 4.78 is 10.4. The molecule has 0 heterocycles. The topological polar surface area (TPSA) is 55.8 Å². The van der Waals surface area contributed by atoms with E-state index in [2.05, 4.69) is 0 Å². The number of carbonyl (C=O) groups is 2. The van der Waals surface area contributed by atoms with Crippen molar-refractivity contribution in [3.63, 3.8) is 0 Å². The second-order valence-electron chi connectivity index (χ2n) is 4.11. The van der Waals surface area contributed by atoms with Gasteiger partial charge in [0.2, 0.25) is 5.91 Å². The van der Waals surface area contributed by atoms with E-state index in [0.717, 1.165) is 11.3 Å². The van der Waals surface area contributed by atoms with Gasteiger partial charge in [-0.25, -0.2) is 4.79 Å². The molecule has 5 nitrogen and oxygen atoms in total. The lowest BCUT2D eigenvalue weighted by atomic mass is 10.1. The summed E-state index contributed by atoms with van der Waals surface area (Å²) in [6.07, 6.45) is 1.63. The average Bonchev–Trinajstić information content (AvgIpc) is 2.51. The van der Waals surface area contributed by atoms with Gasteiger partial charge in [0, 0.05) is 7.05 Å². The first kappa shape index (κ1) is 17.5. The molecule has 0 N–H and O–H groups in total. The fourth-order valence-corrected chi connectivity index (χ4v) is 2.09. The molecule has 1 aromatic rings. The Balaban J connectivity index is 3.11. The van der Waals surface area contributed by atoms with Gasteiger partial charge in [-0.3, -0.25) is 4.79 Å². The van der Waals surface area contributed by atoms with E-state index in [1.54, 1.807) is 51.4 Å². The van der Waals surface area contributed by atoms with E-state index in [1.807, 2.05) is 22.6 Å². The van der Waals surface area contributed by atoms with Crippen LogP contribution < -0.4 is 4.74 Å². The molecule has 6 heteroatoms. The van der Waals surface area contributed by atoms with Crippen molar-refractivity contribution in [2.45, 2.75) is 6.92 Å². The summed E-state index contributed by atoms with van der Waals surface area (Å²) in [7, 11) is 3.15. The number of hydrogen-bond donors (Lipinski definition) is 0. The van der Waals surface area contributed by atoms with Gasteiger partial charge >= 0.3 is 5.97 Å². The highest BCUT2D eigenvalue weighted by atomic mass is 127. The summed E-state index contributed by atoms with van der Waals surface area (Å²) in [6, 6.07) is 7.18. The van der Waals surface area contributed by atoms with Gasteiger partial charge in [0.05, 0.1) is 18.1 Å². The monoisotopic (exact) mass is 403 g/mol. The normalized spacial score (nSPS) is 11.0. The molecular weight excluding hydrogens is 385 g/mol. The van der Waals surface area contributed by atoms with Crippen LogP contribution in [-0.2, 0) is 14.3 Å². The fraction of sp³-hybridized carbons (Fsp3) is 0.333. The van der Waals surface area contributed by atoms with Crippen molar-refractivity contribution in [1.82, 2.24) is 4.90 Å². The van der Waals surface area contributed by atoms with Crippen LogP contribution in [0, 0.1) is 0 Å². The number of methoxy groups -OCH3 is 1. The van der Waals surface area contributed by atoms with Crippen molar-refractivity contribution in [1.29, 1.82) is 0 Å². The number of carbonyl (C=O) groups excluding carboxylic acids is 2. The van der Waals surface area contributed by atoms with Gasteiger partial charge in [0.1, 0.15) is 11.4 Å². The third kappa shape index (κ3) is 5.04. The zero-order valence-corrected chi connectivity index (χ0v) is 14.4. The molecule has 0 bridgehead atoms. The molecule has 0 atom stereocenters. The van der Waals surface area contributed by atoms with Gasteiger partial charge in [-0.2, -0.15) is 0 Å². The molecule has 0 saturated heterocycles. The van der Waals surface area contributed by atoms with Gasteiger partial charge in [-0.15, -0.1) is 0 Å². The van der Waals surface area contributed by atoms with E-state index >= 15 is 0 Å². The molecule has 114 valence electrons. The third-order valence-electron chi connectivity index (χ3n) is 2.75. The van der Waals surface area contributed by atoms with Gasteiger partial charge in [-0.1, -0.05) is 34.7 Å². The SMILES string of the molecule is CCOC(=O)/C(=C/c1ccc(OC)cc1)N(C)C(=O)CI. The lowest BCUT2D eigenvalue weighted by molar-refractivity contribution is -0.142. The molecule has 21 heavy (non-hydrogen) atoms. The van der Waals surface area contributed by atoms with Crippen LogP contribution in [0.15, 0.2) is 30.0 Å². The first-order chi connectivity index (χ1) is 10.0. The zero-order chi connectivity index (χ0) is 15.8. The summed E-state index contributed by atoms with van der Waals surface area (Å²) in [6.45, 7) is 1.98. The van der Waals surface area contributed by atoms with E-state index in [1.165, 1.54) is 4.90 Å². The van der Waals surface area contributed by atoms with Crippen LogP contribution in [0.5, 0.6) is 5.75 Å². The Hall–Kier alpha value is -1.57. The number of ether oxygens (including phenoxy) is 2. The molecule has 0 spiro atoms. The fourth-order valence-electron chi connectivity index (χ4n) is 1.58. The third-order valence-corrected chi connectivity index (χ3v) is 3.41. The summed E-state index contributed by atoms with van der Waals surface area (Å²) >= 11 is 1.96. The Morgan fingerprint density at radius 2 is 1.90 bits per heavy atom. The zero-order valence-electron chi connectivity index (χ0n) is 12.3. The quantitative estimate of drug-likeness (QED) is 0.317. The molecule has 0 unspecified atom stereocenters. The minimum atomic E-state index is -0.519. The average molecular weight is 403 g/mol. The molecule has 0 radical (unpaired) electrons. The molecule has 1 rings (SSSR count). The number of halogens is 1. The summed E-state index contributed by atoms with van der Waals surface area (Å²) in [5, 5.41) is 0. The van der Waals surface area contributed by atoms with Crippen molar-refractivity contribution in [2.24, 2.45) is 0 Å². The minimum absolute atomic E-state index is 0.164. The Bertz CT molecular complexity index is 525. The number of rotatable bonds is 6. The molecule has 0 aliphatic rings. The van der Waals surface area contributed by atoms with Crippen LogP contribution in [0.3, 0.4) is 0 Å². The van der Waals surface area contributed by atoms with Crippen molar-refractivity contribution >= 4 is 40.5 Å². The lowest BCUT2D eigenvalue weighted by Gasteiger charge is -2.18. The van der Waals surface area contributed by atoms with Crippen LogP contribution in [-0.4, -0.2) is 42.0 Å². The van der Waals surface area contributed by atoms with Gasteiger partial charge in [0.15, 0.2) is 0 Å². The van der Waals surface area contributed by atoms with Crippen molar-refractivity contribution in [3.8, 4) is 5.75 Å². The Morgan fingerprint density at radius 3 is 2.38 bits per heavy atom. The number of benzene rings is 1. The highest BCUT2D eigenvalue weighted by molar-refractivity contribution is 14.1. The second-order valence-corrected chi connectivity index (χ2v) is 4.87. The Morgan fingerprint density at radius 1 is 1.29 bits per heavy atom. The van der Waals surface area contributed by atoms with Crippen molar-refractivity contribution in [2.75, 3.05) is 25.2 Å². The van der Waals surface area contributed by atoms with Crippen LogP contribution in [0.25, 0.3) is 6.08 Å². The first-order valence-electron chi connectivity index (χ1n) is 6.38. The molecule has 0 saturated carbocycles. The summed E-state index contributed by atoms with van der Waals surface area (Å²) in [4.78, 5) is 25.1. The maximum atomic E-state index is 12.0. The number of alkyl halides is 1. The molecular formula is C15H18INO4. The van der Waals surface area contributed by atoms with Crippen molar-refractivity contribution in [3.05, 3.63) is 35.5 Å². The maximum Gasteiger partial charge on any atom is 0.355 e. The Kier molecular flexibility index (Phi) is 7.21. The largest absolute Gasteiger partial charge is 0.497 e. The number of nitrogens with zero attached hydrogens (tertiary/aromatic N) is 1. The van der Waals surface area contributed by atoms with Crippen LogP contribution in [0.2, 0.25) is 0 Å². The number of hydrogen-bond acceptors (Lipinski definition) is 4. The van der Waals surface area contributed by atoms with E-state index in [9.17, 15) is 9.59 Å². The predicted octanol–water partition coefficient (Wildman–Crippen LogP) is 2.49. The van der Waals surface area contributed by atoms with Gasteiger partial charge in [0.25, 0.3) is 0 Å². The highest BCUT2D eigenvalue weighted by Crippen LogP contribution is 2.16. The van der Waals surface area contributed by atoms with E-state index in [4.69, 9.17) is 9.47 Å². The molecule has 1 amide bonds. The highest BCUT2D eigenvalue weighted by Gasteiger charge is 2.20. The number of likely N-dealkylation sites (N-methyl/N-ethyl adjacent to an activating group) is 1. The summed E-state index contributed by atoms with van der Waals surface area (Å²) in [5.74, 6) is 0.0407. The molecule has 0 aliphatic carbocycles. The second kappa shape index (κ2) is 8.66. The van der Waals surface area contributed by atoms with E-state index < -0.39 is 5.97 Å². The number of amides is 1. The van der Waals surface area contributed by atoms with E-state index in [0.29, 0.717) is 0 Å². The van der Waals surface area contributed by atoms with Crippen molar-refractivity contribution < 1.29 is 19.1 Å². The predicted molar refractivity (Wildman–Crippen MR) is 89.3 cm³/mol. The van der Waals surface area contributed by atoms with E-state index in [-0.39, 0.29) is 22.6 Å². The maximum absolute atomic E-state index is 12.0. The van der Waals surface area contributed by atoms with Crippen LogP contribution >= 0.6 is 22.6 Å². The molecule has 0 fully saturated rings. The Labute approximate surface area is 138 Å². The summed E-state index contributed by atoms with van der Waals surface area (Å²) in [5.41, 5.74) is 0.996. The van der Waals surface area contributed by atoms with Crippen LogP contribution in [0.1, 0.15) is 12.5 Å². The molecule has 1 aromatic carbocycles. The smallest absolute Gasteiger partial charge is 0.355 e. The molecule has 0 aliphatic heterocycles. The minimum Gasteiger partial charge on any atom is -0.497 e. The lowest BCUT2D eigenvalue weighted by Crippen LogP contribution is -2.31.